The van der Waals surface area contributed by atoms with Gasteiger partial charge < -0.3 is 14.8 Å². The highest BCUT2D eigenvalue weighted by molar-refractivity contribution is 6.30. The lowest BCUT2D eigenvalue weighted by atomic mass is 9.89. The average Bonchev–Trinajstić information content (AvgIpc) is 2.93. The van der Waals surface area contributed by atoms with E-state index in [1.807, 2.05) is 37.3 Å². The van der Waals surface area contributed by atoms with Gasteiger partial charge in [-0.3, -0.25) is 0 Å². The Morgan fingerprint density at radius 1 is 1.04 bits per heavy atom. The van der Waals surface area contributed by atoms with E-state index < -0.39 is 5.79 Å². The van der Waals surface area contributed by atoms with Gasteiger partial charge in [0.15, 0.2) is 11.5 Å². The summed E-state index contributed by atoms with van der Waals surface area (Å²) in [5.41, 5.74) is 2.23. The summed E-state index contributed by atoms with van der Waals surface area (Å²) in [6.45, 7) is 4.08. The number of nitrogens with one attached hydrogen (secondary N) is 1. The zero-order chi connectivity index (χ0) is 15.9. The fourth-order valence-corrected chi connectivity index (χ4v) is 3.60. The summed E-state index contributed by atoms with van der Waals surface area (Å²) in [5.74, 6) is 1.47. The molecule has 0 bridgehead atoms. The Kier molecular flexibility index (Phi) is 4.95. The van der Waals surface area contributed by atoms with Gasteiger partial charge in [-0.25, -0.2) is 0 Å². The number of ether oxygens (including phenoxy) is 2. The first-order valence-electron chi connectivity index (χ1n) is 8.13. The first kappa shape index (κ1) is 17.4. The van der Waals surface area contributed by atoms with Crippen LogP contribution in [0.2, 0.25) is 5.02 Å². The molecule has 1 unspecified atom stereocenters. The molecule has 1 atom stereocenters. The minimum absolute atomic E-state index is 0. The highest BCUT2D eigenvalue weighted by Gasteiger charge is 2.40. The zero-order valence-corrected chi connectivity index (χ0v) is 15.1. The molecule has 0 amide bonds. The van der Waals surface area contributed by atoms with Crippen LogP contribution in [0.1, 0.15) is 36.8 Å². The molecule has 2 aromatic rings. The van der Waals surface area contributed by atoms with E-state index in [0.29, 0.717) is 10.9 Å². The minimum atomic E-state index is -0.796. The van der Waals surface area contributed by atoms with Crippen molar-refractivity contribution in [2.75, 3.05) is 13.1 Å². The number of para-hydroxylation sites is 1. The molecule has 4 rings (SSSR count). The molecule has 1 saturated heterocycles. The van der Waals surface area contributed by atoms with Gasteiger partial charge in [-0.15, -0.1) is 12.4 Å². The minimum Gasteiger partial charge on any atom is -0.445 e. The van der Waals surface area contributed by atoms with E-state index in [9.17, 15) is 0 Å². The number of hydrogen-bond acceptors (Lipinski definition) is 3. The Hall–Kier alpha value is -1.42. The van der Waals surface area contributed by atoms with Crippen LogP contribution in [0, 0.1) is 0 Å². The molecule has 1 N–H and O–H groups in total. The van der Waals surface area contributed by atoms with Crippen LogP contribution in [0.25, 0.3) is 0 Å². The Morgan fingerprint density at radius 2 is 1.75 bits per heavy atom. The van der Waals surface area contributed by atoms with E-state index in [1.54, 1.807) is 0 Å². The average molecular weight is 366 g/mol. The van der Waals surface area contributed by atoms with E-state index in [4.69, 9.17) is 21.1 Å². The van der Waals surface area contributed by atoms with Gasteiger partial charge in [0.2, 0.25) is 0 Å². The maximum atomic E-state index is 6.32. The maximum absolute atomic E-state index is 6.32. The highest BCUT2D eigenvalue weighted by atomic mass is 35.5. The number of hydrogen-bond donors (Lipinski definition) is 1. The number of piperidine rings is 1. The number of fused-ring (bicyclic) bond motifs is 1. The van der Waals surface area contributed by atoms with E-state index in [0.717, 1.165) is 43.0 Å². The second-order valence-corrected chi connectivity index (χ2v) is 6.79. The molecule has 2 aliphatic heterocycles. The molecule has 24 heavy (non-hydrogen) atoms. The monoisotopic (exact) mass is 365 g/mol. The highest BCUT2D eigenvalue weighted by Crippen LogP contribution is 2.49. The van der Waals surface area contributed by atoms with Crippen LogP contribution in [-0.2, 0) is 5.79 Å². The van der Waals surface area contributed by atoms with Crippen LogP contribution in [0.15, 0.2) is 42.5 Å². The first-order chi connectivity index (χ1) is 11.2. The van der Waals surface area contributed by atoms with E-state index >= 15 is 0 Å². The summed E-state index contributed by atoms with van der Waals surface area (Å²) in [7, 11) is 0. The van der Waals surface area contributed by atoms with Crippen LogP contribution >= 0.6 is 24.0 Å². The molecule has 2 heterocycles. The molecule has 0 aromatic heterocycles. The molecular formula is C19H21Cl2NO2. The van der Waals surface area contributed by atoms with Crippen LogP contribution in [0.4, 0.5) is 0 Å². The molecule has 5 heteroatoms. The molecule has 3 nitrogen and oxygen atoms in total. The van der Waals surface area contributed by atoms with Crippen molar-refractivity contribution in [3.8, 4) is 11.5 Å². The molecule has 0 saturated carbocycles. The second-order valence-electron chi connectivity index (χ2n) is 6.36. The summed E-state index contributed by atoms with van der Waals surface area (Å²) in [6.07, 6.45) is 2.27. The largest absolute Gasteiger partial charge is 0.445 e. The van der Waals surface area contributed by atoms with Gasteiger partial charge in [0.05, 0.1) is 0 Å². The molecule has 2 aliphatic rings. The van der Waals surface area contributed by atoms with Gasteiger partial charge in [-0.05, 0) is 62.2 Å². The Balaban J connectivity index is 0.00000169. The van der Waals surface area contributed by atoms with Crippen molar-refractivity contribution in [1.82, 2.24) is 5.32 Å². The zero-order valence-electron chi connectivity index (χ0n) is 13.5. The maximum Gasteiger partial charge on any atom is 0.275 e. The van der Waals surface area contributed by atoms with Crippen molar-refractivity contribution in [3.05, 3.63) is 58.6 Å². The van der Waals surface area contributed by atoms with Gasteiger partial charge >= 0.3 is 0 Å². The van der Waals surface area contributed by atoms with Crippen molar-refractivity contribution in [3.63, 3.8) is 0 Å². The summed E-state index contributed by atoms with van der Waals surface area (Å²) in [5, 5.41) is 4.13. The van der Waals surface area contributed by atoms with Crippen molar-refractivity contribution < 1.29 is 9.47 Å². The SMILES string of the molecule is CC1(c2ccc(Cl)cc2)Oc2cccc(C3CCNCC3)c2O1.Cl. The predicted molar refractivity (Wildman–Crippen MR) is 98.6 cm³/mol. The van der Waals surface area contributed by atoms with Crippen LogP contribution in [-0.4, -0.2) is 13.1 Å². The van der Waals surface area contributed by atoms with E-state index in [1.165, 1.54) is 5.56 Å². The van der Waals surface area contributed by atoms with Crippen LogP contribution in [0.5, 0.6) is 11.5 Å². The first-order valence-corrected chi connectivity index (χ1v) is 8.51. The summed E-state index contributed by atoms with van der Waals surface area (Å²) in [4.78, 5) is 0. The predicted octanol–water partition coefficient (Wildman–Crippen LogP) is 4.87. The third-order valence-corrected chi connectivity index (χ3v) is 5.01. The quantitative estimate of drug-likeness (QED) is 0.822. The molecule has 0 aliphatic carbocycles. The Bertz CT molecular complexity index is 714. The third-order valence-electron chi connectivity index (χ3n) is 4.76. The standard InChI is InChI=1S/C19H20ClNO2.ClH/c1-19(14-5-7-15(20)8-6-14)22-17-4-2-3-16(18(17)23-19)13-9-11-21-12-10-13;/h2-8,13,21H,9-12H2,1H3;1H. The van der Waals surface area contributed by atoms with Crippen molar-refractivity contribution in [2.45, 2.75) is 31.5 Å². The second kappa shape index (κ2) is 6.83. The lowest BCUT2D eigenvalue weighted by molar-refractivity contribution is -0.0684. The number of halogens is 2. The normalized spacial score (nSPS) is 22.9. The molecule has 1 fully saturated rings. The van der Waals surface area contributed by atoms with Crippen molar-refractivity contribution in [1.29, 1.82) is 0 Å². The van der Waals surface area contributed by atoms with Gasteiger partial charge in [0.25, 0.3) is 5.79 Å². The summed E-state index contributed by atoms with van der Waals surface area (Å²) >= 11 is 5.99. The topological polar surface area (TPSA) is 30.5 Å². The fraction of sp³-hybridized carbons (Fsp3) is 0.368. The Morgan fingerprint density at radius 3 is 2.46 bits per heavy atom. The van der Waals surface area contributed by atoms with Gasteiger partial charge in [0, 0.05) is 23.1 Å². The van der Waals surface area contributed by atoms with Gasteiger partial charge in [0.1, 0.15) is 0 Å². The molecule has 0 radical (unpaired) electrons. The van der Waals surface area contributed by atoms with Gasteiger partial charge in [-0.1, -0.05) is 23.7 Å². The fourth-order valence-electron chi connectivity index (χ4n) is 3.47. The van der Waals surface area contributed by atoms with E-state index in [-0.39, 0.29) is 12.4 Å². The molecule has 128 valence electrons. The number of rotatable bonds is 2. The molecule has 2 aromatic carbocycles. The third kappa shape index (κ3) is 3.08. The van der Waals surface area contributed by atoms with Crippen LogP contribution < -0.4 is 14.8 Å². The van der Waals surface area contributed by atoms with Crippen LogP contribution in [0.3, 0.4) is 0 Å². The van der Waals surface area contributed by atoms with Crippen molar-refractivity contribution in [2.24, 2.45) is 0 Å². The Labute approximate surface area is 153 Å². The smallest absolute Gasteiger partial charge is 0.275 e. The lowest BCUT2D eigenvalue weighted by Crippen LogP contribution is -2.31. The summed E-state index contributed by atoms with van der Waals surface area (Å²) in [6, 6.07) is 13.9. The lowest BCUT2D eigenvalue weighted by Gasteiger charge is -2.26. The number of benzene rings is 2. The molecular weight excluding hydrogens is 345 g/mol. The van der Waals surface area contributed by atoms with Crippen molar-refractivity contribution >= 4 is 24.0 Å². The molecule has 0 spiro atoms. The van der Waals surface area contributed by atoms with Gasteiger partial charge in [-0.2, -0.15) is 0 Å². The van der Waals surface area contributed by atoms with E-state index in [2.05, 4.69) is 17.4 Å². The summed E-state index contributed by atoms with van der Waals surface area (Å²) < 4.78 is 12.5.